The lowest BCUT2D eigenvalue weighted by molar-refractivity contribution is -0.122. The molecule has 0 saturated carbocycles. The maximum atomic E-state index is 11.3. The number of nitrogens with one attached hydrogen (secondary N) is 1. The van der Waals surface area contributed by atoms with Crippen molar-refractivity contribution in [2.45, 2.75) is 19.5 Å². The van der Waals surface area contributed by atoms with E-state index in [1.54, 1.807) is 26.2 Å². The Morgan fingerprint density at radius 3 is 2.76 bits per heavy atom. The van der Waals surface area contributed by atoms with E-state index in [0.29, 0.717) is 17.3 Å². The highest BCUT2D eigenvalue weighted by Gasteiger charge is 2.09. The molecular weight excluding hydrogens is 263 g/mol. The molecule has 3 N–H and O–H groups in total. The number of ether oxygens (including phenoxy) is 1. The molecule has 0 aliphatic heterocycles. The summed E-state index contributed by atoms with van der Waals surface area (Å²) in [6, 6.07) is 4.74. The van der Waals surface area contributed by atoms with Gasteiger partial charge in [-0.3, -0.25) is 4.79 Å². The Labute approximate surface area is 112 Å². The van der Waals surface area contributed by atoms with Crippen molar-refractivity contribution in [1.82, 2.24) is 5.32 Å². The fourth-order valence-electron chi connectivity index (χ4n) is 1.21. The molecule has 1 aromatic rings. The Balaban J connectivity index is 0.00000256. The molecule has 0 radical (unpaired) electrons. The first-order valence-electron chi connectivity index (χ1n) is 4.90. The maximum absolute atomic E-state index is 11.3. The lowest BCUT2D eigenvalue weighted by atomic mass is 10.2. The van der Waals surface area contributed by atoms with Gasteiger partial charge in [0.05, 0.1) is 13.2 Å². The molecule has 17 heavy (non-hydrogen) atoms. The molecular formula is C11H16Cl2N2O2. The fraction of sp³-hybridized carbons (Fsp3) is 0.364. The van der Waals surface area contributed by atoms with Crippen LogP contribution in [0.25, 0.3) is 0 Å². The molecule has 1 rings (SSSR count). The topological polar surface area (TPSA) is 64.3 Å². The number of carbonyl (C=O) groups excluding carboxylic acids is 1. The molecule has 0 heterocycles. The third-order valence-corrected chi connectivity index (χ3v) is 2.35. The number of carbonyl (C=O) groups is 1. The molecule has 0 spiro atoms. The molecule has 0 aliphatic rings. The van der Waals surface area contributed by atoms with Crippen molar-refractivity contribution in [2.75, 3.05) is 7.11 Å². The number of hydrogen-bond donors (Lipinski definition) is 2. The van der Waals surface area contributed by atoms with Gasteiger partial charge in [-0.1, -0.05) is 17.7 Å². The van der Waals surface area contributed by atoms with Gasteiger partial charge in [-0.15, -0.1) is 12.4 Å². The predicted octanol–water partition coefficient (Wildman–Crippen LogP) is 1.73. The average molecular weight is 279 g/mol. The summed E-state index contributed by atoms with van der Waals surface area (Å²) in [7, 11) is 1.56. The third-order valence-electron chi connectivity index (χ3n) is 2.12. The van der Waals surface area contributed by atoms with E-state index in [1.807, 2.05) is 6.07 Å². The highest BCUT2D eigenvalue weighted by Crippen LogP contribution is 2.22. The van der Waals surface area contributed by atoms with Crippen LogP contribution in [0.2, 0.25) is 5.02 Å². The second-order valence-electron chi connectivity index (χ2n) is 3.46. The van der Waals surface area contributed by atoms with E-state index in [9.17, 15) is 4.79 Å². The summed E-state index contributed by atoms with van der Waals surface area (Å²) in [5.74, 6) is 0.453. The van der Waals surface area contributed by atoms with Crippen molar-refractivity contribution >= 4 is 29.9 Å². The summed E-state index contributed by atoms with van der Waals surface area (Å²) in [6.07, 6.45) is 0. The predicted molar refractivity (Wildman–Crippen MR) is 70.7 cm³/mol. The standard InChI is InChI=1S/C11H15ClN2O2.ClH/c1-7(13)11(15)14-6-8-3-4-9(12)5-10(8)16-2;/h3-5,7H,6,13H2,1-2H3,(H,14,15);1H/t7-;/m1./s1. The van der Waals surface area contributed by atoms with Gasteiger partial charge in [-0.2, -0.15) is 0 Å². The van der Waals surface area contributed by atoms with Crippen molar-refractivity contribution in [3.05, 3.63) is 28.8 Å². The van der Waals surface area contributed by atoms with Gasteiger partial charge in [0.15, 0.2) is 0 Å². The Hall–Kier alpha value is -0.970. The molecule has 0 bridgehead atoms. The fourth-order valence-corrected chi connectivity index (χ4v) is 1.37. The van der Waals surface area contributed by atoms with Crippen LogP contribution in [-0.2, 0) is 11.3 Å². The highest BCUT2D eigenvalue weighted by molar-refractivity contribution is 6.30. The Morgan fingerprint density at radius 2 is 2.24 bits per heavy atom. The van der Waals surface area contributed by atoms with Gasteiger partial charge in [0, 0.05) is 17.1 Å². The first-order chi connectivity index (χ1) is 7.54. The van der Waals surface area contributed by atoms with E-state index in [0.717, 1.165) is 5.56 Å². The van der Waals surface area contributed by atoms with E-state index in [-0.39, 0.29) is 18.3 Å². The van der Waals surface area contributed by atoms with Crippen LogP contribution >= 0.6 is 24.0 Å². The van der Waals surface area contributed by atoms with E-state index >= 15 is 0 Å². The van der Waals surface area contributed by atoms with Gasteiger partial charge >= 0.3 is 0 Å². The van der Waals surface area contributed by atoms with Gasteiger partial charge in [-0.05, 0) is 19.1 Å². The Kier molecular flexibility index (Phi) is 6.95. The SMILES string of the molecule is COc1cc(Cl)ccc1CNC(=O)[C@@H](C)N.Cl. The van der Waals surface area contributed by atoms with Crippen LogP contribution in [0.4, 0.5) is 0 Å². The second kappa shape index (κ2) is 7.37. The van der Waals surface area contributed by atoms with Gasteiger partial charge in [0.1, 0.15) is 5.75 Å². The lowest BCUT2D eigenvalue weighted by Gasteiger charge is -2.11. The first-order valence-corrected chi connectivity index (χ1v) is 5.28. The Bertz CT molecular complexity index is 384. The van der Waals surface area contributed by atoms with Crippen LogP contribution in [0.3, 0.4) is 0 Å². The molecule has 96 valence electrons. The smallest absolute Gasteiger partial charge is 0.236 e. The van der Waals surface area contributed by atoms with Crippen molar-refractivity contribution in [2.24, 2.45) is 5.73 Å². The van der Waals surface area contributed by atoms with Crippen LogP contribution in [0.15, 0.2) is 18.2 Å². The Morgan fingerprint density at radius 1 is 1.59 bits per heavy atom. The minimum Gasteiger partial charge on any atom is -0.496 e. The van der Waals surface area contributed by atoms with Crippen LogP contribution < -0.4 is 15.8 Å². The minimum absolute atomic E-state index is 0. The average Bonchev–Trinajstić information content (AvgIpc) is 2.26. The van der Waals surface area contributed by atoms with Gasteiger partial charge < -0.3 is 15.8 Å². The number of nitrogens with two attached hydrogens (primary N) is 1. The van der Waals surface area contributed by atoms with Crippen molar-refractivity contribution in [3.8, 4) is 5.75 Å². The molecule has 0 aliphatic carbocycles. The molecule has 6 heteroatoms. The summed E-state index contributed by atoms with van der Waals surface area (Å²) in [4.78, 5) is 11.3. The van der Waals surface area contributed by atoms with Crippen LogP contribution in [0.5, 0.6) is 5.75 Å². The van der Waals surface area contributed by atoms with Crippen LogP contribution in [0.1, 0.15) is 12.5 Å². The molecule has 0 fully saturated rings. The molecule has 1 amide bonds. The number of methoxy groups -OCH3 is 1. The number of rotatable bonds is 4. The largest absolute Gasteiger partial charge is 0.496 e. The number of hydrogen-bond acceptors (Lipinski definition) is 3. The summed E-state index contributed by atoms with van der Waals surface area (Å²) in [6.45, 7) is 2.01. The van der Waals surface area contributed by atoms with E-state index in [4.69, 9.17) is 22.1 Å². The first kappa shape index (κ1) is 16.0. The van der Waals surface area contributed by atoms with Gasteiger partial charge in [0.2, 0.25) is 5.91 Å². The quantitative estimate of drug-likeness (QED) is 0.882. The molecule has 4 nitrogen and oxygen atoms in total. The van der Waals surface area contributed by atoms with E-state index in [2.05, 4.69) is 5.32 Å². The van der Waals surface area contributed by atoms with E-state index in [1.165, 1.54) is 0 Å². The highest BCUT2D eigenvalue weighted by atomic mass is 35.5. The number of amides is 1. The number of benzene rings is 1. The summed E-state index contributed by atoms with van der Waals surface area (Å²) in [5, 5.41) is 3.30. The van der Waals surface area contributed by atoms with Crippen LogP contribution in [-0.4, -0.2) is 19.1 Å². The maximum Gasteiger partial charge on any atom is 0.236 e. The van der Waals surface area contributed by atoms with Crippen molar-refractivity contribution < 1.29 is 9.53 Å². The summed E-state index contributed by atoms with van der Waals surface area (Å²) >= 11 is 5.82. The van der Waals surface area contributed by atoms with Crippen LogP contribution in [0, 0.1) is 0 Å². The van der Waals surface area contributed by atoms with Crippen molar-refractivity contribution in [3.63, 3.8) is 0 Å². The zero-order chi connectivity index (χ0) is 12.1. The second-order valence-corrected chi connectivity index (χ2v) is 3.90. The molecule has 1 atom stereocenters. The third kappa shape index (κ3) is 4.81. The van der Waals surface area contributed by atoms with Gasteiger partial charge in [0.25, 0.3) is 0 Å². The minimum atomic E-state index is -0.515. The summed E-state index contributed by atoms with van der Waals surface area (Å²) < 4.78 is 5.15. The zero-order valence-electron chi connectivity index (χ0n) is 9.70. The monoisotopic (exact) mass is 278 g/mol. The molecule has 0 unspecified atom stereocenters. The van der Waals surface area contributed by atoms with E-state index < -0.39 is 6.04 Å². The zero-order valence-corrected chi connectivity index (χ0v) is 11.3. The molecule has 0 saturated heterocycles. The summed E-state index contributed by atoms with van der Waals surface area (Å²) in [5.41, 5.74) is 6.29. The van der Waals surface area contributed by atoms with Gasteiger partial charge in [-0.25, -0.2) is 0 Å². The number of halogens is 2. The normalized spacial score (nSPS) is 11.3. The molecule has 0 aromatic heterocycles. The van der Waals surface area contributed by atoms with Crippen molar-refractivity contribution in [1.29, 1.82) is 0 Å². The lowest BCUT2D eigenvalue weighted by Crippen LogP contribution is -2.37. The molecule has 1 aromatic carbocycles.